The van der Waals surface area contributed by atoms with Gasteiger partial charge in [0.1, 0.15) is 11.4 Å². The predicted molar refractivity (Wildman–Crippen MR) is 84.0 cm³/mol. The molecule has 0 radical (unpaired) electrons. The molecule has 5 nitrogen and oxygen atoms in total. The largest absolute Gasteiger partial charge is 0.497 e. The molecule has 1 amide bonds. The highest BCUT2D eigenvalue weighted by atomic mass is 16.5. The molecule has 2 aromatic rings. The van der Waals surface area contributed by atoms with Gasteiger partial charge in [0.05, 0.1) is 13.2 Å². The molecule has 0 bridgehead atoms. The molecule has 1 fully saturated rings. The summed E-state index contributed by atoms with van der Waals surface area (Å²) in [5.74, 6) is 0.870. The van der Waals surface area contributed by atoms with Crippen LogP contribution in [-0.4, -0.2) is 34.2 Å². The molecule has 116 valence electrons. The number of amides is 1. The Morgan fingerprint density at radius 3 is 2.82 bits per heavy atom. The molecular weight excluding hydrogens is 278 g/mol. The van der Waals surface area contributed by atoms with Crippen LogP contribution in [0.1, 0.15) is 48.4 Å². The number of hydrogen-bond acceptors (Lipinski definition) is 3. The normalized spacial score (nSPS) is 17.5. The zero-order valence-electron chi connectivity index (χ0n) is 13.2. The second-order valence-corrected chi connectivity index (χ2v) is 5.83. The number of nitrogens with zero attached hydrogens (tertiary/aromatic N) is 3. The van der Waals surface area contributed by atoms with Crippen molar-refractivity contribution < 1.29 is 9.53 Å². The second kappa shape index (κ2) is 5.83. The van der Waals surface area contributed by atoms with E-state index in [9.17, 15) is 4.79 Å². The summed E-state index contributed by atoms with van der Waals surface area (Å²) in [5, 5.41) is 4.25. The molecule has 5 heteroatoms. The van der Waals surface area contributed by atoms with E-state index < -0.39 is 0 Å². The van der Waals surface area contributed by atoms with Crippen LogP contribution in [0.15, 0.2) is 36.5 Å². The quantitative estimate of drug-likeness (QED) is 0.871. The average Bonchev–Trinajstić information content (AvgIpc) is 2.96. The molecule has 22 heavy (non-hydrogen) atoms. The van der Waals surface area contributed by atoms with Crippen LogP contribution in [0.2, 0.25) is 0 Å². The van der Waals surface area contributed by atoms with Gasteiger partial charge in [-0.25, -0.2) is 0 Å². The monoisotopic (exact) mass is 299 g/mol. The number of likely N-dealkylation sites (tertiary alicyclic amines) is 1. The number of ether oxygens (including phenoxy) is 1. The van der Waals surface area contributed by atoms with E-state index in [-0.39, 0.29) is 18.0 Å². The first-order chi connectivity index (χ1) is 10.6. The summed E-state index contributed by atoms with van der Waals surface area (Å²) in [4.78, 5) is 14.7. The van der Waals surface area contributed by atoms with Crippen LogP contribution in [0.5, 0.6) is 5.75 Å². The topological polar surface area (TPSA) is 47.4 Å². The van der Waals surface area contributed by atoms with E-state index in [0.29, 0.717) is 5.69 Å². The Labute approximate surface area is 130 Å². The molecule has 1 aliphatic rings. The van der Waals surface area contributed by atoms with Gasteiger partial charge in [0.15, 0.2) is 0 Å². The van der Waals surface area contributed by atoms with Gasteiger partial charge >= 0.3 is 0 Å². The van der Waals surface area contributed by atoms with E-state index in [1.807, 2.05) is 43.0 Å². The van der Waals surface area contributed by atoms with Crippen molar-refractivity contribution in [3.63, 3.8) is 0 Å². The summed E-state index contributed by atoms with van der Waals surface area (Å²) >= 11 is 0. The Kier molecular flexibility index (Phi) is 3.88. The number of carbonyl (C=O) groups excluding carboxylic acids is 1. The fourth-order valence-electron chi connectivity index (χ4n) is 2.87. The fourth-order valence-corrected chi connectivity index (χ4v) is 2.87. The Bertz CT molecular complexity index is 678. The summed E-state index contributed by atoms with van der Waals surface area (Å²) < 4.78 is 7.06. The fraction of sp³-hybridized carbons (Fsp3) is 0.412. The smallest absolute Gasteiger partial charge is 0.272 e. The molecule has 0 spiro atoms. The van der Waals surface area contributed by atoms with Crippen LogP contribution in [0.3, 0.4) is 0 Å². The lowest BCUT2D eigenvalue weighted by molar-refractivity contribution is 0.0445. The first kappa shape index (κ1) is 14.6. The van der Waals surface area contributed by atoms with Crippen molar-refractivity contribution in [2.75, 3.05) is 13.7 Å². The van der Waals surface area contributed by atoms with Crippen LogP contribution >= 0.6 is 0 Å². The lowest BCUT2D eigenvalue weighted by Gasteiger charge is -2.41. The maximum absolute atomic E-state index is 12.8. The standard InChI is InChI=1S/C17H21N3O2/c1-12(2)20-16(7-9-18-20)17(21)19-10-8-15(19)13-5-4-6-14(11-13)22-3/h4-7,9,11-12,15H,8,10H2,1-3H3/t15-/m0/s1. The molecule has 2 heterocycles. The van der Waals surface area contributed by atoms with E-state index in [4.69, 9.17) is 4.74 Å². The zero-order chi connectivity index (χ0) is 15.7. The van der Waals surface area contributed by atoms with Crippen LogP contribution in [0.25, 0.3) is 0 Å². The highest BCUT2D eigenvalue weighted by Gasteiger charge is 2.35. The number of benzene rings is 1. The molecule has 1 aliphatic heterocycles. The molecule has 0 saturated carbocycles. The Morgan fingerprint density at radius 1 is 1.36 bits per heavy atom. The van der Waals surface area contributed by atoms with Crippen LogP contribution in [0.4, 0.5) is 0 Å². The predicted octanol–water partition coefficient (Wildman–Crippen LogP) is 3.06. The third kappa shape index (κ3) is 2.47. The third-order valence-corrected chi connectivity index (χ3v) is 4.14. The zero-order valence-corrected chi connectivity index (χ0v) is 13.2. The van der Waals surface area contributed by atoms with Crippen LogP contribution < -0.4 is 4.74 Å². The van der Waals surface area contributed by atoms with Crippen molar-refractivity contribution in [2.45, 2.75) is 32.4 Å². The van der Waals surface area contributed by atoms with Crippen molar-refractivity contribution in [3.8, 4) is 5.75 Å². The molecule has 0 unspecified atom stereocenters. The van der Waals surface area contributed by atoms with E-state index in [2.05, 4.69) is 5.10 Å². The van der Waals surface area contributed by atoms with E-state index in [1.165, 1.54) is 0 Å². The van der Waals surface area contributed by atoms with E-state index in [0.717, 1.165) is 24.3 Å². The van der Waals surface area contributed by atoms with Crippen molar-refractivity contribution in [3.05, 3.63) is 47.8 Å². The average molecular weight is 299 g/mol. The van der Waals surface area contributed by atoms with Gasteiger partial charge in [-0.05, 0) is 44.0 Å². The molecule has 1 atom stereocenters. The molecule has 1 aromatic carbocycles. The second-order valence-electron chi connectivity index (χ2n) is 5.83. The summed E-state index contributed by atoms with van der Waals surface area (Å²) in [7, 11) is 1.66. The maximum Gasteiger partial charge on any atom is 0.272 e. The van der Waals surface area contributed by atoms with E-state index >= 15 is 0 Å². The third-order valence-electron chi connectivity index (χ3n) is 4.14. The van der Waals surface area contributed by atoms with Gasteiger partial charge in [-0.3, -0.25) is 9.48 Å². The summed E-state index contributed by atoms with van der Waals surface area (Å²) in [6.07, 6.45) is 2.67. The Balaban J connectivity index is 1.83. The van der Waals surface area contributed by atoms with Crippen LogP contribution in [-0.2, 0) is 0 Å². The first-order valence-electron chi connectivity index (χ1n) is 7.60. The van der Waals surface area contributed by atoms with Crippen molar-refractivity contribution in [2.24, 2.45) is 0 Å². The summed E-state index contributed by atoms with van der Waals surface area (Å²) in [6.45, 7) is 4.84. The summed E-state index contributed by atoms with van der Waals surface area (Å²) in [6, 6.07) is 10.0. The Hall–Kier alpha value is -2.30. The molecule has 0 aliphatic carbocycles. The highest BCUT2D eigenvalue weighted by Crippen LogP contribution is 2.35. The molecular formula is C17H21N3O2. The molecule has 1 saturated heterocycles. The highest BCUT2D eigenvalue weighted by molar-refractivity contribution is 5.93. The molecule has 0 N–H and O–H groups in total. The van der Waals surface area contributed by atoms with Gasteiger partial charge in [-0.1, -0.05) is 12.1 Å². The number of carbonyl (C=O) groups is 1. The number of rotatable bonds is 4. The Morgan fingerprint density at radius 2 is 2.18 bits per heavy atom. The SMILES string of the molecule is COc1cccc([C@@H]2CCN2C(=O)c2ccnn2C(C)C)c1. The van der Waals surface area contributed by atoms with Gasteiger partial charge in [0, 0.05) is 18.8 Å². The number of methoxy groups -OCH3 is 1. The maximum atomic E-state index is 12.8. The van der Waals surface area contributed by atoms with Gasteiger partial charge in [-0.15, -0.1) is 0 Å². The van der Waals surface area contributed by atoms with Crippen molar-refractivity contribution >= 4 is 5.91 Å². The lowest BCUT2D eigenvalue weighted by Crippen LogP contribution is -2.45. The van der Waals surface area contributed by atoms with Gasteiger partial charge < -0.3 is 9.64 Å². The lowest BCUT2D eigenvalue weighted by atomic mass is 9.94. The molecule has 3 rings (SSSR count). The minimum atomic E-state index is 0.0465. The summed E-state index contributed by atoms with van der Waals surface area (Å²) in [5.41, 5.74) is 1.78. The van der Waals surface area contributed by atoms with Crippen molar-refractivity contribution in [1.29, 1.82) is 0 Å². The van der Waals surface area contributed by atoms with Gasteiger partial charge in [-0.2, -0.15) is 5.10 Å². The van der Waals surface area contributed by atoms with Crippen molar-refractivity contribution in [1.82, 2.24) is 14.7 Å². The number of hydrogen-bond donors (Lipinski definition) is 0. The molecule has 1 aromatic heterocycles. The number of aromatic nitrogens is 2. The van der Waals surface area contributed by atoms with Gasteiger partial charge in [0.2, 0.25) is 0 Å². The van der Waals surface area contributed by atoms with E-state index in [1.54, 1.807) is 24.1 Å². The minimum absolute atomic E-state index is 0.0465. The van der Waals surface area contributed by atoms with Gasteiger partial charge in [0.25, 0.3) is 5.91 Å². The minimum Gasteiger partial charge on any atom is -0.497 e. The first-order valence-corrected chi connectivity index (χ1v) is 7.60. The van der Waals surface area contributed by atoms with Crippen LogP contribution in [0, 0.1) is 0 Å².